The van der Waals surface area contributed by atoms with Crippen LogP contribution in [0, 0.1) is 0 Å². The van der Waals surface area contributed by atoms with Crippen LogP contribution in [0.15, 0.2) is 42.6 Å². The molecule has 114 valence electrons. The first-order valence-electron chi connectivity index (χ1n) is 7.32. The van der Waals surface area contributed by atoms with E-state index in [9.17, 15) is 4.79 Å². The number of nitrogens with one attached hydrogen (secondary N) is 1. The van der Waals surface area contributed by atoms with E-state index in [4.69, 9.17) is 9.47 Å². The number of para-hydroxylation sites is 2. The van der Waals surface area contributed by atoms with E-state index in [1.54, 1.807) is 25.4 Å². The summed E-state index contributed by atoms with van der Waals surface area (Å²) in [4.78, 5) is 16.2. The van der Waals surface area contributed by atoms with E-state index in [0.717, 1.165) is 23.6 Å². The molecule has 2 aromatic rings. The second-order valence-electron chi connectivity index (χ2n) is 5.11. The van der Waals surface area contributed by atoms with Gasteiger partial charge in [0.1, 0.15) is 12.7 Å². The highest BCUT2D eigenvalue weighted by Crippen LogP contribution is 2.31. The fourth-order valence-electron chi connectivity index (χ4n) is 2.48. The molecule has 3 rings (SSSR count). The summed E-state index contributed by atoms with van der Waals surface area (Å²) in [6.07, 6.45) is 3.08. The summed E-state index contributed by atoms with van der Waals surface area (Å²) in [5.41, 5.74) is 1.39. The molecule has 5 heteroatoms. The first-order valence-corrected chi connectivity index (χ1v) is 7.32. The third-order valence-electron chi connectivity index (χ3n) is 3.63. The normalized spacial score (nSPS) is 16.1. The molecule has 5 nitrogen and oxygen atoms in total. The largest absolute Gasteiger partial charge is 0.486 e. The molecule has 0 saturated carbocycles. The molecule has 1 aromatic heterocycles. The first-order chi connectivity index (χ1) is 10.8. The Labute approximate surface area is 129 Å². The van der Waals surface area contributed by atoms with Crippen LogP contribution in [0.3, 0.4) is 0 Å². The van der Waals surface area contributed by atoms with Crippen LogP contribution in [-0.4, -0.2) is 30.6 Å². The first kappa shape index (κ1) is 14.4. The number of ether oxygens (including phenoxy) is 2. The van der Waals surface area contributed by atoms with Crippen LogP contribution in [0.2, 0.25) is 0 Å². The standard InChI is InChI=1S/C17H18N2O3/c1-18-17(20)13-5-4-10-19-14(13)9-8-12-11-21-15-6-2-3-7-16(15)22-12/h2-7,10,12H,8-9,11H2,1H3,(H,18,20). The zero-order chi connectivity index (χ0) is 15.4. The van der Waals surface area contributed by atoms with Crippen molar-refractivity contribution >= 4 is 5.91 Å². The lowest BCUT2D eigenvalue weighted by Gasteiger charge is -2.26. The molecule has 1 aromatic carbocycles. The molecular formula is C17H18N2O3. The molecule has 1 atom stereocenters. The van der Waals surface area contributed by atoms with Gasteiger partial charge in [0, 0.05) is 13.2 Å². The Morgan fingerprint density at radius 2 is 2.09 bits per heavy atom. The molecule has 0 bridgehead atoms. The minimum Gasteiger partial charge on any atom is -0.486 e. The van der Waals surface area contributed by atoms with E-state index in [1.165, 1.54) is 0 Å². The summed E-state index contributed by atoms with van der Waals surface area (Å²) in [5.74, 6) is 1.43. The molecule has 22 heavy (non-hydrogen) atoms. The topological polar surface area (TPSA) is 60.5 Å². The second kappa shape index (κ2) is 6.47. The average molecular weight is 298 g/mol. The van der Waals surface area contributed by atoms with Crippen molar-refractivity contribution < 1.29 is 14.3 Å². The molecule has 2 heterocycles. The van der Waals surface area contributed by atoms with Gasteiger partial charge < -0.3 is 14.8 Å². The maximum atomic E-state index is 11.8. The summed E-state index contributed by atoms with van der Waals surface area (Å²) in [6.45, 7) is 0.513. The number of amides is 1. The lowest BCUT2D eigenvalue weighted by atomic mass is 10.1. The quantitative estimate of drug-likeness (QED) is 0.940. The van der Waals surface area contributed by atoms with Gasteiger partial charge in [-0.05, 0) is 37.1 Å². The van der Waals surface area contributed by atoms with Gasteiger partial charge in [0.25, 0.3) is 5.91 Å². The Morgan fingerprint density at radius 1 is 1.27 bits per heavy atom. The van der Waals surface area contributed by atoms with Crippen molar-refractivity contribution in [3.63, 3.8) is 0 Å². The van der Waals surface area contributed by atoms with Crippen LogP contribution >= 0.6 is 0 Å². The molecule has 1 unspecified atom stereocenters. The zero-order valence-corrected chi connectivity index (χ0v) is 12.4. The van der Waals surface area contributed by atoms with Crippen molar-refractivity contribution in [1.82, 2.24) is 10.3 Å². The molecule has 0 radical (unpaired) electrons. The lowest BCUT2D eigenvalue weighted by Crippen LogP contribution is -2.30. The van der Waals surface area contributed by atoms with E-state index >= 15 is 0 Å². The highest BCUT2D eigenvalue weighted by Gasteiger charge is 2.21. The fourth-order valence-corrected chi connectivity index (χ4v) is 2.48. The van der Waals surface area contributed by atoms with Crippen molar-refractivity contribution in [3.8, 4) is 11.5 Å². The maximum absolute atomic E-state index is 11.8. The van der Waals surface area contributed by atoms with E-state index in [0.29, 0.717) is 18.6 Å². The van der Waals surface area contributed by atoms with Gasteiger partial charge in [0.05, 0.1) is 11.3 Å². The molecule has 0 fully saturated rings. The van der Waals surface area contributed by atoms with Crippen molar-refractivity contribution in [2.45, 2.75) is 18.9 Å². The highest BCUT2D eigenvalue weighted by molar-refractivity contribution is 5.94. The van der Waals surface area contributed by atoms with Gasteiger partial charge in [0.2, 0.25) is 0 Å². The minimum absolute atomic E-state index is 0.0329. The number of rotatable bonds is 4. The number of carbonyl (C=O) groups is 1. The predicted octanol–water partition coefficient (Wildman–Crippen LogP) is 2.21. The Kier molecular flexibility index (Phi) is 4.23. The summed E-state index contributed by atoms with van der Waals surface area (Å²) in [7, 11) is 1.62. The molecule has 1 aliphatic rings. The molecule has 0 spiro atoms. The zero-order valence-electron chi connectivity index (χ0n) is 12.4. The molecule has 1 amide bonds. The minimum atomic E-state index is -0.116. The van der Waals surface area contributed by atoms with Gasteiger partial charge in [-0.15, -0.1) is 0 Å². The molecule has 1 N–H and O–H groups in total. The SMILES string of the molecule is CNC(=O)c1cccnc1CCC1COc2ccccc2O1. The average Bonchev–Trinajstić information content (AvgIpc) is 2.59. The third-order valence-corrected chi connectivity index (χ3v) is 3.63. The number of aromatic nitrogens is 1. The number of nitrogens with zero attached hydrogens (tertiary/aromatic N) is 1. The van der Waals surface area contributed by atoms with Crippen molar-refractivity contribution in [2.75, 3.05) is 13.7 Å². The fraction of sp³-hybridized carbons (Fsp3) is 0.294. The Hall–Kier alpha value is -2.56. The van der Waals surface area contributed by atoms with Gasteiger partial charge in [-0.25, -0.2) is 0 Å². The van der Waals surface area contributed by atoms with E-state index in [1.807, 2.05) is 24.3 Å². The van der Waals surface area contributed by atoms with E-state index in [-0.39, 0.29) is 12.0 Å². The Bertz CT molecular complexity index is 672. The number of hydrogen-bond acceptors (Lipinski definition) is 4. The van der Waals surface area contributed by atoms with Gasteiger partial charge in [-0.3, -0.25) is 9.78 Å². The van der Waals surface area contributed by atoms with Gasteiger partial charge in [-0.2, -0.15) is 0 Å². The predicted molar refractivity (Wildman–Crippen MR) is 82.3 cm³/mol. The van der Waals surface area contributed by atoms with Crippen LogP contribution in [0.4, 0.5) is 0 Å². The number of carbonyl (C=O) groups excluding carboxylic acids is 1. The molecule has 0 saturated heterocycles. The van der Waals surface area contributed by atoms with Crippen LogP contribution < -0.4 is 14.8 Å². The number of fused-ring (bicyclic) bond motifs is 1. The van der Waals surface area contributed by atoms with Gasteiger partial charge in [-0.1, -0.05) is 12.1 Å². The number of hydrogen-bond donors (Lipinski definition) is 1. The van der Waals surface area contributed by atoms with Crippen LogP contribution in [0.1, 0.15) is 22.5 Å². The smallest absolute Gasteiger partial charge is 0.252 e. The monoisotopic (exact) mass is 298 g/mol. The number of pyridine rings is 1. The maximum Gasteiger partial charge on any atom is 0.252 e. The van der Waals surface area contributed by atoms with Gasteiger partial charge >= 0.3 is 0 Å². The summed E-state index contributed by atoms with van der Waals surface area (Å²) in [5, 5.41) is 2.64. The summed E-state index contributed by atoms with van der Waals surface area (Å²) in [6, 6.07) is 11.2. The van der Waals surface area contributed by atoms with Crippen LogP contribution in [-0.2, 0) is 6.42 Å². The summed E-state index contributed by atoms with van der Waals surface area (Å²) < 4.78 is 11.6. The molecular weight excluding hydrogens is 280 g/mol. The van der Waals surface area contributed by atoms with Crippen molar-refractivity contribution in [3.05, 3.63) is 53.9 Å². The van der Waals surface area contributed by atoms with Crippen molar-refractivity contribution in [2.24, 2.45) is 0 Å². The number of aryl methyl sites for hydroxylation is 1. The van der Waals surface area contributed by atoms with E-state index < -0.39 is 0 Å². The Morgan fingerprint density at radius 3 is 2.91 bits per heavy atom. The van der Waals surface area contributed by atoms with Gasteiger partial charge in [0.15, 0.2) is 11.5 Å². The third kappa shape index (κ3) is 3.03. The van der Waals surface area contributed by atoms with Crippen LogP contribution in [0.5, 0.6) is 11.5 Å². The molecule has 1 aliphatic heterocycles. The van der Waals surface area contributed by atoms with Crippen LogP contribution in [0.25, 0.3) is 0 Å². The molecule has 0 aliphatic carbocycles. The lowest BCUT2D eigenvalue weighted by molar-refractivity contribution is 0.0846. The number of benzene rings is 1. The highest BCUT2D eigenvalue weighted by atomic mass is 16.6. The van der Waals surface area contributed by atoms with Crippen molar-refractivity contribution in [1.29, 1.82) is 0 Å². The second-order valence-corrected chi connectivity index (χ2v) is 5.11. The Balaban J connectivity index is 1.66. The van der Waals surface area contributed by atoms with E-state index in [2.05, 4.69) is 10.3 Å². The summed E-state index contributed by atoms with van der Waals surface area (Å²) >= 11 is 0.